The number of aromatic carboxylic acids is 1. The van der Waals surface area contributed by atoms with Gasteiger partial charge in [0.2, 0.25) is 5.76 Å². The van der Waals surface area contributed by atoms with E-state index in [-0.39, 0.29) is 5.76 Å². The molecule has 2 N–H and O–H groups in total. The second-order valence-corrected chi connectivity index (χ2v) is 5.66. The van der Waals surface area contributed by atoms with Gasteiger partial charge >= 0.3 is 5.97 Å². The first-order chi connectivity index (χ1) is 8.63. The van der Waals surface area contributed by atoms with Gasteiger partial charge in [-0.2, -0.15) is 0 Å². The maximum absolute atomic E-state index is 10.8. The molecule has 3 unspecified atom stereocenters. The van der Waals surface area contributed by atoms with Crippen LogP contribution in [0.4, 0.5) is 0 Å². The number of hydrogen-bond acceptors (Lipinski definition) is 3. The summed E-state index contributed by atoms with van der Waals surface area (Å²) in [7, 11) is 0. The van der Waals surface area contributed by atoms with Gasteiger partial charge in [0.15, 0.2) is 0 Å². The standard InChI is InChI=1S/C14H19NO3/c1-8-11(6-13(18-8)14(16)17)7-15-12-5-9-2-3-10(12)4-9/h6,9-10,12,15H,2-5,7H2,1H3,(H,16,17). The quantitative estimate of drug-likeness (QED) is 0.861. The van der Waals surface area contributed by atoms with Gasteiger partial charge in [-0.1, -0.05) is 6.42 Å². The lowest BCUT2D eigenvalue weighted by Crippen LogP contribution is -2.33. The predicted octanol–water partition coefficient (Wildman–Crippen LogP) is 2.56. The van der Waals surface area contributed by atoms with Crippen molar-refractivity contribution in [2.24, 2.45) is 11.8 Å². The van der Waals surface area contributed by atoms with Crippen LogP contribution in [0.1, 0.15) is 47.6 Å². The van der Waals surface area contributed by atoms with Crippen molar-refractivity contribution in [3.05, 3.63) is 23.2 Å². The Hall–Kier alpha value is -1.29. The monoisotopic (exact) mass is 249 g/mol. The van der Waals surface area contributed by atoms with E-state index in [4.69, 9.17) is 9.52 Å². The molecular formula is C14H19NO3. The van der Waals surface area contributed by atoms with Crippen molar-refractivity contribution >= 4 is 5.97 Å². The second kappa shape index (κ2) is 4.43. The fourth-order valence-corrected chi connectivity index (χ4v) is 3.54. The number of hydrogen-bond donors (Lipinski definition) is 2. The van der Waals surface area contributed by atoms with Crippen molar-refractivity contribution < 1.29 is 14.3 Å². The van der Waals surface area contributed by atoms with E-state index in [0.717, 1.165) is 23.9 Å². The molecule has 3 atom stereocenters. The smallest absolute Gasteiger partial charge is 0.371 e. The zero-order chi connectivity index (χ0) is 12.7. The van der Waals surface area contributed by atoms with Crippen LogP contribution in [0.2, 0.25) is 0 Å². The third-order valence-corrected chi connectivity index (χ3v) is 4.52. The molecule has 18 heavy (non-hydrogen) atoms. The molecule has 0 amide bonds. The van der Waals surface area contributed by atoms with Gasteiger partial charge in [-0.3, -0.25) is 0 Å². The van der Waals surface area contributed by atoms with Gasteiger partial charge < -0.3 is 14.8 Å². The zero-order valence-corrected chi connectivity index (χ0v) is 10.6. The molecule has 2 aliphatic rings. The molecule has 98 valence electrons. The van der Waals surface area contributed by atoms with Gasteiger partial charge in [0.05, 0.1) is 0 Å². The molecule has 2 aliphatic carbocycles. The van der Waals surface area contributed by atoms with Crippen LogP contribution < -0.4 is 5.32 Å². The van der Waals surface area contributed by atoms with Crippen molar-refractivity contribution in [1.29, 1.82) is 0 Å². The van der Waals surface area contributed by atoms with Gasteiger partial charge in [0, 0.05) is 18.2 Å². The van der Waals surface area contributed by atoms with Gasteiger partial charge in [0.1, 0.15) is 5.76 Å². The van der Waals surface area contributed by atoms with Crippen LogP contribution in [0.3, 0.4) is 0 Å². The molecule has 1 heterocycles. The number of aryl methyl sites for hydroxylation is 1. The molecule has 1 aromatic heterocycles. The maximum Gasteiger partial charge on any atom is 0.371 e. The molecule has 0 radical (unpaired) electrons. The van der Waals surface area contributed by atoms with E-state index in [9.17, 15) is 4.79 Å². The molecule has 0 saturated heterocycles. The van der Waals surface area contributed by atoms with Crippen LogP contribution in [0.5, 0.6) is 0 Å². The van der Waals surface area contributed by atoms with E-state index in [1.807, 2.05) is 6.92 Å². The number of furan rings is 1. The highest BCUT2D eigenvalue weighted by Gasteiger charge is 2.39. The number of rotatable bonds is 4. The second-order valence-electron chi connectivity index (χ2n) is 5.66. The van der Waals surface area contributed by atoms with Crippen LogP contribution in [0.25, 0.3) is 0 Å². The lowest BCUT2D eigenvalue weighted by molar-refractivity contribution is 0.0661. The summed E-state index contributed by atoms with van der Waals surface area (Å²) in [5.74, 6) is 1.51. The highest BCUT2D eigenvalue weighted by atomic mass is 16.4. The van der Waals surface area contributed by atoms with Crippen LogP contribution in [0.15, 0.2) is 10.5 Å². The summed E-state index contributed by atoms with van der Waals surface area (Å²) in [5.41, 5.74) is 0.968. The average molecular weight is 249 g/mol. The Morgan fingerprint density at radius 2 is 2.33 bits per heavy atom. The average Bonchev–Trinajstić information content (AvgIpc) is 3.01. The van der Waals surface area contributed by atoms with E-state index >= 15 is 0 Å². The summed E-state index contributed by atoms with van der Waals surface area (Å²) in [6.45, 7) is 2.54. The van der Waals surface area contributed by atoms with Crippen LogP contribution in [-0.4, -0.2) is 17.1 Å². The molecule has 0 spiro atoms. The Morgan fingerprint density at radius 3 is 2.89 bits per heavy atom. The largest absolute Gasteiger partial charge is 0.475 e. The zero-order valence-electron chi connectivity index (χ0n) is 10.6. The van der Waals surface area contributed by atoms with E-state index in [0.29, 0.717) is 11.8 Å². The molecule has 3 rings (SSSR count). The van der Waals surface area contributed by atoms with Crippen molar-refractivity contribution in [3.63, 3.8) is 0 Å². The number of carboxylic acids is 1. The van der Waals surface area contributed by atoms with Gasteiger partial charge in [-0.15, -0.1) is 0 Å². The molecule has 4 nitrogen and oxygen atoms in total. The summed E-state index contributed by atoms with van der Waals surface area (Å²) < 4.78 is 5.21. The summed E-state index contributed by atoms with van der Waals surface area (Å²) in [6.07, 6.45) is 5.42. The minimum absolute atomic E-state index is 0.0391. The van der Waals surface area contributed by atoms with Crippen LogP contribution >= 0.6 is 0 Å². The van der Waals surface area contributed by atoms with Crippen LogP contribution in [0, 0.1) is 18.8 Å². The van der Waals surface area contributed by atoms with Crippen molar-refractivity contribution in [1.82, 2.24) is 5.32 Å². The molecule has 2 fully saturated rings. The highest BCUT2D eigenvalue weighted by molar-refractivity contribution is 5.84. The molecule has 2 bridgehead atoms. The van der Waals surface area contributed by atoms with E-state index in [2.05, 4.69) is 5.32 Å². The minimum atomic E-state index is -0.996. The van der Waals surface area contributed by atoms with E-state index in [1.54, 1.807) is 6.07 Å². The van der Waals surface area contributed by atoms with Crippen LogP contribution in [-0.2, 0) is 6.54 Å². The molecule has 1 aromatic rings. The number of fused-ring (bicyclic) bond motifs is 2. The van der Waals surface area contributed by atoms with Gasteiger partial charge in [0.25, 0.3) is 0 Å². The van der Waals surface area contributed by atoms with Crippen molar-refractivity contribution in [3.8, 4) is 0 Å². The highest BCUT2D eigenvalue weighted by Crippen LogP contribution is 2.44. The Morgan fingerprint density at radius 1 is 1.50 bits per heavy atom. The SMILES string of the molecule is Cc1oc(C(=O)O)cc1CNC1CC2CCC1C2. The summed E-state index contributed by atoms with van der Waals surface area (Å²) in [6, 6.07) is 2.25. The fourth-order valence-electron chi connectivity index (χ4n) is 3.54. The summed E-state index contributed by atoms with van der Waals surface area (Å²) in [5, 5.41) is 12.4. The topological polar surface area (TPSA) is 62.5 Å². The number of carbonyl (C=O) groups is 1. The normalized spacial score (nSPS) is 29.9. The maximum atomic E-state index is 10.8. The first-order valence-electron chi connectivity index (χ1n) is 6.69. The minimum Gasteiger partial charge on any atom is -0.475 e. The third-order valence-electron chi connectivity index (χ3n) is 4.52. The van der Waals surface area contributed by atoms with Crippen molar-refractivity contribution in [2.45, 2.75) is 45.2 Å². The number of carboxylic acid groups (broad SMARTS) is 1. The third kappa shape index (κ3) is 2.05. The molecule has 2 saturated carbocycles. The number of nitrogens with one attached hydrogen (secondary N) is 1. The first kappa shape index (κ1) is 11.8. The fraction of sp³-hybridized carbons (Fsp3) is 0.643. The molecular weight excluding hydrogens is 230 g/mol. The van der Waals surface area contributed by atoms with Crippen molar-refractivity contribution in [2.75, 3.05) is 0 Å². The lowest BCUT2D eigenvalue weighted by Gasteiger charge is -2.22. The van der Waals surface area contributed by atoms with Gasteiger partial charge in [-0.05, 0) is 44.1 Å². The molecule has 0 aliphatic heterocycles. The van der Waals surface area contributed by atoms with E-state index < -0.39 is 5.97 Å². The Balaban J connectivity index is 1.61. The molecule has 0 aromatic carbocycles. The lowest BCUT2D eigenvalue weighted by atomic mass is 9.95. The van der Waals surface area contributed by atoms with Gasteiger partial charge in [-0.25, -0.2) is 4.79 Å². The molecule has 4 heteroatoms. The Bertz CT molecular complexity index is 466. The summed E-state index contributed by atoms with van der Waals surface area (Å²) in [4.78, 5) is 10.8. The Kier molecular flexibility index (Phi) is 2.90. The first-order valence-corrected chi connectivity index (χ1v) is 6.69. The predicted molar refractivity (Wildman–Crippen MR) is 66.5 cm³/mol. The van der Waals surface area contributed by atoms with E-state index in [1.165, 1.54) is 25.7 Å². The summed E-state index contributed by atoms with van der Waals surface area (Å²) >= 11 is 0. The Labute approximate surface area is 106 Å².